The molecule has 0 aliphatic carbocycles. The molecule has 0 unspecified atom stereocenters. The molecule has 0 spiro atoms. The van der Waals surface area contributed by atoms with Crippen LogP contribution in [-0.4, -0.2) is 38.4 Å². The molecule has 7 heteroatoms. The number of aromatic hydroxyl groups is 1. The van der Waals surface area contributed by atoms with E-state index < -0.39 is 0 Å². The lowest BCUT2D eigenvalue weighted by molar-refractivity contribution is 0.371. The molecule has 5 N–H and O–H groups in total. The van der Waals surface area contributed by atoms with Crippen LogP contribution in [0, 0.1) is 0 Å². The third-order valence-electron chi connectivity index (χ3n) is 4.87. The Kier molecular flexibility index (Phi) is 7.70. The van der Waals surface area contributed by atoms with E-state index in [1.54, 1.807) is 0 Å². The second-order valence-corrected chi connectivity index (χ2v) is 7.07. The fraction of sp³-hybridized carbons (Fsp3) is 0.348. The van der Waals surface area contributed by atoms with Crippen LogP contribution >= 0.6 is 0 Å². The summed E-state index contributed by atoms with van der Waals surface area (Å²) in [6, 6.07) is 12.1. The van der Waals surface area contributed by atoms with E-state index in [0.29, 0.717) is 11.1 Å². The molecule has 3 aromatic rings. The maximum atomic E-state index is 12.5. The molecule has 1 heterocycles. The number of ether oxygens (including phenoxy) is 1. The van der Waals surface area contributed by atoms with Gasteiger partial charge in [-0.3, -0.25) is 4.79 Å². The van der Waals surface area contributed by atoms with Crippen LogP contribution in [0.25, 0.3) is 22.3 Å². The van der Waals surface area contributed by atoms with E-state index in [1.165, 1.54) is 25.3 Å². The van der Waals surface area contributed by atoms with Crippen LogP contribution in [0.2, 0.25) is 0 Å². The quantitative estimate of drug-likeness (QED) is 0.358. The van der Waals surface area contributed by atoms with Crippen molar-refractivity contribution >= 4 is 16.7 Å². The van der Waals surface area contributed by atoms with Gasteiger partial charge in [-0.05, 0) is 75.3 Å². The van der Waals surface area contributed by atoms with Gasteiger partial charge in [-0.15, -0.1) is 0 Å². The summed E-state index contributed by atoms with van der Waals surface area (Å²) in [6.07, 6.45) is 3.18. The van der Waals surface area contributed by atoms with E-state index in [2.05, 4.69) is 10.6 Å². The molecule has 0 bridgehead atoms. The third kappa shape index (κ3) is 5.31. The first-order chi connectivity index (χ1) is 14.6. The lowest BCUT2D eigenvalue weighted by Gasteiger charge is -2.10. The molecule has 0 fully saturated rings. The number of rotatable bonds is 11. The van der Waals surface area contributed by atoms with Crippen LogP contribution in [0.5, 0.6) is 11.5 Å². The maximum Gasteiger partial charge on any atom is 0.204 e. The molecule has 0 aliphatic heterocycles. The topological polar surface area (TPSA) is 110 Å². The van der Waals surface area contributed by atoms with Crippen molar-refractivity contribution in [3.63, 3.8) is 0 Å². The summed E-state index contributed by atoms with van der Waals surface area (Å²) in [5, 5.41) is 17.1. The van der Waals surface area contributed by atoms with Crippen LogP contribution in [-0.2, 0) is 0 Å². The number of hydrogen-bond donors (Lipinski definition) is 4. The fourth-order valence-electron chi connectivity index (χ4n) is 3.24. The molecule has 0 saturated heterocycles. The molecule has 0 radical (unpaired) electrons. The second-order valence-electron chi connectivity index (χ2n) is 7.07. The van der Waals surface area contributed by atoms with Crippen LogP contribution in [0.3, 0.4) is 0 Å². The Labute approximate surface area is 175 Å². The first-order valence-electron chi connectivity index (χ1n) is 10.2. The monoisotopic (exact) mass is 411 g/mol. The van der Waals surface area contributed by atoms with E-state index in [-0.39, 0.29) is 22.5 Å². The summed E-state index contributed by atoms with van der Waals surface area (Å²) in [4.78, 5) is 12.5. The Hall–Kier alpha value is -3.03. The predicted octanol–water partition coefficient (Wildman–Crippen LogP) is 3.30. The summed E-state index contributed by atoms with van der Waals surface area (Å²) in [5.74, 6) is 0.508. The molecule has 160 valence electrons. The van der Waals surface area contributed by atoms with Gasteiger partial charge >= 0.3 is 0 Å². The lowest BCUT2D eigenvalue weighted by atomic mass is 10.1. The van der Waals surface area contributed by atoms with Gasteiger partial charge in [0.25, 0.3) is 0 Å². The number of methoxy groups -OCH3 is 1. The van der Waals surface area contributed by atoms with Gasteiger partial charge in [0.05, 0.1) is 12.5 Å². The van der Waals surface area contributed by atoms with Crippen molar-refractivity contribution < 1.29 is 14.3 Å². The molecule has 2 aromatic carbocycles. The van der Waals surface area contributed by atoms with Gasteiger partial charge < -0.3 is 30.6 Å². The first-order valence-corrected chi connectivity index (χ1v) is 10.2. The van der Waals surface area contributed by atoms with Crippen molar-refractivity contribution in [2.24, 2.45) is 5.73 Å². The second kappa shape index (κ2) is 10.7. The van der Waals surface area contributed by atoms with Crippen molar-refractivity contribution in [1.29, 1.82) is 0 Å². The zero-order valence-corrected chi connectivity index (χ0v) is 17.2. The SMILES string of the molecule is COc1c(O)ccc2c(=O)cc(-c3ccc(NCCCCNCCCN)cc3)oc12. The highest BCUT2D eigenvalue weighted by molar-refractivity contribution is 5.86. The summed E-state index contributed by atoms with van der Waals surface area (Å²) < 4.78 is 11.1. The Balaban J connectivity index is 1.63. The number of anilines is 1. The number of hydrogen-bond acceptors (Lipinski definition) is 7. The minimum atomic E-state index is -0.188. The van der Waals surface area contributed by atoms with Gasteiger partial charge in [0.1, 0.15) is 5.76 Å². The average Bonchev–Trinajstić information content (AvgIpc) is 2.76. The fourth-order valence-corrected chi connectivity index (χ4v) is 3.24. The number of unbranched alkanes of at least 4 members (excludes halogenated alkanes) is 1. The molecule has 0 amide bonds. The van der Waals surface area contributed by atoms with Crippen LogP contribution in [0.1, 0.15) is 19.3 Å². The smallest absolute Gasteiger partial charge is 0.204 e. The van der Waals surface area contributed by atoms with Gasteiger partial charge in [0, 0.05) is 23.9 Å². The zero-order chi connectivity index (χ0) is 21.3. The zero-order valence-electron chi connectivity index (χ0n) is 17.2. The molecule has 7 nitrogen and oxygen atoms in total. The number of phenolic OH excluding ortho intramolecular Hbond substituents is 1. The van der Waals surface area contributed by atoms with Gasteiger partial charge in [0.15, 0.2) is 16.8 Å². The Morgan fingerprint density at radius 3 is 2.50 bits per heavy atom. The number of phenols is 1. The van der Waals surface area contributed by atoms with Gasteiger partial charge in [-0.1, -0.05) is 0 Å². The van der Waals surface area contributed by atoms with E-state index in [0.717, 1.165) is 56.7 Å². The molecule has 3 rings (SSSR count). The predicted molar refractivity (Wildman–Crippen MR) is 120 cm³/mol. The molecular formula is C23H29N3O4. The van der Waals surface area contributed by atoms with Gasteiger partial charge in [-0.25, -0.2) is 0 Å². The average molecular weight is 412 g/mol. The van der Waals surface area contributed by atoms with Crippen LogP contribution < -0.4 is 26.5 Å². The molecule has 0 atom stereocenters. The lowest BCUT2D eigenvalue weighted by Crippen LogP contribution is -2.19. The Morgan fingerprint density at radius 2 is 1.77 bits per heavy atom. The standard InChI is InChI=1S/C23H29N3O4/c1-29-23-19(27)10-9-18-20(28)15-21(30-22(18)23)16-5-7-17(8-6-16)26-14-3-2-12-25-13-4-11-24/h5-10,15,25-27H,2-4,11-14,24H2,1H3. The minimum absolute atomic E-state index is 0.0700. The molecular weight excluding hydrogens is 382 g/mol. The minimum Gasteiger partial charge on any atom is -0.504 e. The highest BCUT2D eigenvalue weighted by Crippen LogP contribution is 2.35. The van der Waals surface area contributed by atoms with Crippen molar-refractivity contribution in [3.05, 3.63) is 52.7 Å². The van der Waals surface area contributed by atoms with Gasteiger partial charge in [-0.2, -0.15) is 0 Å². The largest absolute Gasteiger partial charge is 0.504 e. The van der Waals surface area contributed by atoms with Crippen LogP contribution in [0.15, 0.2) is 51.7 Å². The number of benzene rings is 2. The van der Waals surface area contributed by atoms with E-state index in [4.69, 9.17) is 14.9 Å². The third-order valence-corrected chi connectivity index (χ3v) is 4.87. The molecule has 30 heavy (non-hydrogen) atoms. The maximum absolute atomic E-state index is 12.5. The number of nitrogens with one attached hydrogen (secondary N) is 2. The summed E-state index contributed by atoms with van der Waals surface area (Å²) in [6.45, 7) is 3.59. The number of nitrogens with two attached hydrogens (primary N) is 1. The number of fused-ring (bicyclic) bond motifs is 1. The summed E-state index contributed by atoms with van der Waals surface area (Å²) >= 11 is 0. The van der Waals surface area contributed by atoms with E-state index >= 15 is 0 Å². The van der Waals surface area contributed by atoms with E-state index in [1.807, 2.05) is 24.3 Å². The van der Waals surface area contributed by atoms with Crippen molar-refractivity contribution in [3.8, 4) is 22.8 Å². The Morgan fingerprint density at radius 1 is 1.03 bits per heavy atom. The van der Waals surface area contributed by atoms with Crippen molar-refractivity contribution in [2.45, 2.75) is 19.3 Å². The van der Waals surface area contributed by atoms with Crippen molar-refractivity contribution in [2.75, 3.05) is 38.6 Å². The highest BCUT2D eigenvalue weighted by Gasteiger charge is 2.14. The molecule has 1 aromatic heterocycles. The summed E-state index contributed by atoms with van der Waals surface area (Å²) in [5.41, 5.74) is 7.30. The Bertz CT molecular complexity index is 1020. The van der Waals surface area contributed by atoms with Crippen molar-refractivity contribution in [1.82, 2.24) is 5.32 Å². The molecule has 0 saturated carbocycles. The van der Waals surface area contributed by atoms with Crippen LogP contribution in [0.4, 0.5) is 5.69 Å². The van der Waals surface area contributed by atoms with Gasteiger partial charge in [0.2, 0.25) is 5.75 Å². The van der Waals surface area contributed by atoms with E-state index in [9.17, 15) is 9.90 Å². The normalized spacial score (nSPS) is 11.0. The first kappa shape index (κ1) is 21.7. The molecule has 0 aliphatic rings. The summed E-state index contributed by atoms with van der Waals surface area (Å²) in [7, 11) is 1.43. The highest BCUT2D eigenvalue weighted by atomic mass is 16.5.